The summed E-state index contributed by atoms with van der Waals surface area (Å²) in [4.78, 5) is 20.3. The van der Waals surface area contributed by atoms with Gasteiger partial charge in [-0.2, -0.15) is 5.10 Å². The first-order chi connectivity index (χ1) is 14.0. The molecule has 7 heteroatoms. The minimum absolute atomic E-state index is 0.0381. The van der Waals surface area contributed by atoms with Crippen molar-refractivity contribution in [2.45, 2.75) is 19.9 Å². The van der Waals surface area contributed by atoms with Crippen LogP contribution in [0.5, 0.6) is 0 Å². The van der Waals surface area contributed by atoms with Crippen molar-refractivity contribution in [1.29, 1.82) is 0 Å². The van der Waals surface area contributed by atoms with Crippen LogP contribution in [0.3, 0.4) is 0 Å². The van der Waals surface area contributed by atoms with E-state index in [1.807, 2.05) is 57.4 Å². The fraction of sp³-hybridized carbons (Fsp3) is 0.409. The SMILES string of the molecule is Cc1nn(C)cc1-c1cc(C(=O)N[C@H](C)CN2CCOCC2)c2ccccc2n1. The fourth-order valence-corrected chi connectivity index (χ4v) is 3.87. The number of aromatic nitrogens is 3. The Morgan fingerprint density at radius 3 is 2.76 bits per heavy atom. The molecule has 0 bridgehead atoms. The number of amides is 1. The number of para-hydroxylation sites is 1. The number of benzene rings is 1. The summed E-state index contributed by atoms with van der Waals surface area (Å²) in [7, 11) is 1.89. The average Bonchev–Trinajstić information content (AvgIpc) is 3.05. The summed E-state index contributed by atoms with van der Waals surface area (Å²) in [5.41, 5.74) is 4.04. The van der Waals surface area contributed by atoms with E-state index >= 15 is 0 Å². The van der Waals surface area contributed by atoms with Crippen LogP contribution < -0.4 is 5.32 Å². The van der Waals surface area contributed by atoms with E-state index in [0.717, 1.165) is 60.7 Å². The predicted molar refractivity (Wildman–Crippen MR) is 113 cm³/mol. The smallest absolute Gasteiger partial charge is 0.252 e. The van der Waals surface area contributed by atoms with E-state index < -0.39 is 0 Å². The summed E-state index contributed by atoms with van der Waals surface area (Å²) in [6.45, 7) is 8.13. The maximum atomic E-state index is 13.2. The molecule has 1 aliphatic heterocycles. The number of hydrogen-bond acceptors (Lipinski definition) is 5. The van der Waals surface area contributed by atoms with Gasteiger partial charge in [-0.25, -0.2) is 4.98 Å². The molecule has 1 atom stereocenters. The van der Waals surface area contributed by atoms with Crippen molar-refractivity contribution in [2.24, 2.45) is 7.05 Å². The van der Waals surface area contributed by atoms with Crippen molar-refractivity contribution in [2.75, 3.05) is 32.8 Å². The van der Waals surface area contributed by atoms with Crippen LogP contribution in [0.1, 0.15) is 23.0 Å². The van der Waals surface area contributed by atoms with Gasteiger partial charge in [0.25, 0.3) is 5.91 Å². The van der Waals surface area contributed by atoms with Gasteiger partial charge in [-0.15, -0.1) is 0 Å². The van der Waals surface area contributed by atoms with Gasteiger partial charge in [0.2, 0.25) is 0 Å². The first-order valence-corrected chi connectivity index (χ1v) is 10.0. The Morgan fingerprint density at radius 1 is 1.28 bits per heavy atom. The van der Waals surface area contributed by atoms with Gasteiger partial charge in [0, 0.05) is 49.9 Å². The number of hydrogen-bond donors (Lipinski definition) is 1. The van der Waals surface area contributed by atoms with Gasteiger partial charge in [0.15, 0.2) is 0 Å². The number of nitrogens with one attached hydrogen (secondary N) is 1. The quantitative estimate of drug-likeness (QED) is 0.721. The van der Waals surface area contributed by atoms with Crippen molar-refractivity contribution >= 4 is 16.8 Å². The average molecular weight is 393 g/mol. The zero-order chi connectivity index (χ0) is 20.4. The maximum absolute atomic E-state index is 13.2. The second-order valence-electron chi connectivity index (χ2n) is 7.66. The van der Waals surface area contributed by atoms with Gasteiger partial charge < -0.3 is 10.1 Å². The molecule has 1 fully saturated rings. The first-order valence-electron chi connectivity index (χ1n) is 10.0. The normalized spacial score (nSPS) is 16.1. The van der Waals surface area contributed by atoms with E-state index in [1.54, 1.807) is 4.68 Å². The number of ether oxygens (including phenoxy) is 1. The summed E-state index contributed by atoms with van der Waals surface area (Å²) in [6.07, 6.45) is 1.94. The molecule has 1 aliphatic rings. The van der Waals surface area contributed by atoms with Gasteiger partial charge in [0.05, 0.1) is 35.7 Å². The maximum Gasteiger partial charge on any atom is 0.252 e. The zero-order valence-corrected chi connectivity index (χ0v) is 17.2. The molecule has 1 N–H and O–H groups in total. The highest BCUT2D eigenvalue weighted by Gasteiger charge is 2.19. The summed E-state index contributed by atoms with van der Waals surface area (Å²) in [6, 6.07) is 9.69. The van der Waals surface area contributed by atoms with E-state index in [0.29, 0.717) is 5.56 Å². The third-order valence-corrected chi connectivity index (χ3v) is 5.26. The van der Waals surface area contributed by atoms with Crippen molar-refractivity contribution < 1.29 is 9.53 Å². The van der Waals surface area contributed by atoms with Gasteiger partial charge >= 0.3 is 0 Å². The predicted octanol–water partition coefficient (Wildman–Crippen LogP) is 2.39. The Kier molecular flexibility index (Phi) is 5.60. The number of nitrogens with zero attached hydrogens (tertiary/aromatic N) is 4. The molecular weight excluding hydrogens is 366 g/mol. The lowest BCUT2D eigenvalue weighted by Gasteiger charge is -2.29. The zero-order valence-electron chi connectivity index (χ0n) is 17.2. The number of carbonyl (C=O) groups is 1. The van der Waals surface area contributed by atoms with E-state index in [1.165, 1.54) is 0 Å². The summed E-state index contributed by atoms with van der Waals surface area (Å²) >= 11 is 0. The highest BCUT2D eigenvalue weighted by atomic mass is 16.5. The Morgan fingerprint density at radius 2 is 2.03 bits per heavy atom. The van der Waals surface area contributed by atoms with E-state index in [9.17, 15) is 4.79 Å². The van der Waals surface area contributed by atoms with Crippen molar-refractivity contribution in [3.05, 3.63) is 47.8 Å². The fourth-order valence-electron chi connectivity index (χ4n) is 3.87. The largest absolute Gasteiger partial charge is 0.379 e. The van der Waals surface area contributed by atoms with Gasteiger partial charge in [-0.1, -0.05) is 18.2 Å². The molecule has 0 saturated carbocycles. The van der Waals surface area contributed by atoms with E-state index in [-0.39, 0.29) is 11.9 Å². The van der Waals surface area contributed by atoms with Crippen LogP contribution in [0.25, 0.3) is 22.2 Å². The minimum Gasteiger partial charge on any atom is -0.379 e. The monoisotopic (exact) mass is 393 g/mol. The molecule has 2 aromatic heterocycles. The number of pyridine rings is 1. The molecule has 0 aliphatic carbocycles. The molecule has 1 saturated heterocycles. The Labute approximate surface area is 170 Å². The lowest BCUT2D eigenvalue weighted by atomic mass is 10.0. The summed E-state index contributed by atoms with van der Waals surface area (Å²) in [5.74, 6) is -0.0767. The molecular formula is C22H27N5O2. The van der Waals surface area contributed by atoms with Gasteiger partial charge in [0.1, 0.15) is 0 Å². The molecule has 0 spiro atoms. The molecule has 7 nitrogen and oxygen atoms in total. The number of rotatable bonds is 5. The Hall–Kier alpha value is -2.77. The van der Waals surface area contributed by atoms with E-state index in [4.69, 9.17) is 9.72 Å². The first kappa shape index (κ1) is 19.5. The molecule has 3 heterocycles. The standard InChI is InChI=1S/C22H27N5O2/c1-15(13-27-8-10-29-11-9-27)23-22(28)18-12-21(19-14-26(3)25-16(19)2)24-20-7-5-4-6-17(18)20/h4-7,12,14-15H,8-11,13H2,1-3H3,(H,23,28)/t15-/m1/s1. The highest BCUT2D eigenvalue weighted by molar-refractivity contribution is 6.07. The van der Waals surface area contributed by atoms with Gasteiger partial charge in [-0.3, -0.25) is 14.4 Å². The van der Waals surface area contributed by atoms with Crippen LogP contribution in [0.2, 0.25) is 0 Å². The van der Waals surface area contributed by atoms with Crippen LogP contribution in [0.15, 0.2) is 36.5 Å². The minimum atomic E-state index is -0.0767. The molecule has 3 aromatic rings. The van der Waals surface area contributed by atoms with Crippen LogP contribution >= 0.6 is 0 Å². The molecule has 1 amide bonds. The second kappa shape index (κ2) is 8.31. The molecule has 0 unspecified atom stereocenters. The molecule has 4 rings (SSSR count). The van der Waals surface area contributed by atoms with Crippen molar-refractivity contribution in [3.8, 4) is 11.3 Å². The second-order valence-corrected chi connectivity index (χ2v) is 7.66. The molecule has 0 radical (unpaired) electrons. The third kappa shape index (κ3) is 4.31. The number of carbonyl (C=O) groups excluding carboxylic acids is 1. The number of morpholine rings is 1. The highest BCUT2D eigenvalue weighted by Crippen LogP contribution is 2.26. The third-order valence-electron chi connectivity index (χ3n) is 5.26. The van der Waals surface area contributed by atoms with Crippen LogP contribution in [0.4, 0.5) is 0 Å². The number of fused-ring (bicyclic) bond motifs is 1. The number of aryl methyl sites for hydroxylation is 2. The summed E-state index contributed by atoms with van der Waals surface area (Å²) in [5, 5.41) is 8.44. The van der Waals surface area contributed by atoms with E-state index in [2.05, 4.69) is 15.3 Å². The lowest BCUT2D eigenvalue weighted by Crippen LogP contribution is -2.46. The Balaban J connectivity index is 1.63. The van der Waals surface area contributed by atoms with Crippen LogP contribution in [0, 0.1) is 6.92 Å². The molecule has 152 valence electrons. The summed E-state index contributed by atoms with van der Waals surface area (Å²) < 4.78 is 7.17. The van der Waals surface area contributed by atoms with Crippen molar-refractivity contribution in [3.63, 3.8) is 0 Å². The van der Waals surface area contributed by atoms with Crippen LogP contribution in [-0.4, -0.2) is 64.5 Å². The molecule has 29 heavy (non-hydrogen) atoms. The topological polar surface area (TPSA) is 72.3 Å². The van der Waals surface area contributed by atoms with Gasteiger partial charge in [-0.05, 0) is 26.0 Å². The molecule has 1 aromatic carbocycles. The van der Waals surface area contributed by atoms with Crippen molar-refractivity contribution in [1.82, 2.24) is 25.0 Å². The lowest BCUT2D eigenvalue weighted by molar-refractivity contribution is 0.0342. The Bertz CT molecular complexity index is 1020. The van der Waals surface area contributed by atoms with Crippen LogP contribution in [-0.2, 0) is 11.8 Å².